The highest BCUT2D eigenvalue weighted by Gasteiger charge is 2.26. The number of nitro groups is 1. The molecule has 0 amide bonds. The molecule has 8 heteroatoms. The van der Waals surface area contributed by atoms with Gasteiger partial charge < -0.3 is 14.8 Å². The lowest BCUT2D eigenvalue weighted by Gasteiger charge is -2.14. The van der Waals surface area contributed by atoms with E-state index in [2.05, 4.69) is 15.3 Å². The summed E-state index contributed by atoms with van der Waals surface area (Å²) < 4.78 is 10.6. The molecule has 0 aliphatic carbocycles. The van der Waals surface area contributed by atoms with Gasteiger partial charge in [0.25, 0.3) is 0 Å². The smallest absolute Gasteiger partial charge is 0.373 e. The lowest BCUT2D eigenvalue weighted by molar-refractivity contribution is -0.385. The molecule has 0 bridgehead atoms. The van der Waals surface area contributed by atoms with E-state index < -0.39 is 4.92 Å². The Kier molecular flexibility index (Phi) is 5.64. The van der Waals surface area contributed by atoms with Gasteiger partial charge in [-0.3, -0.25) is 10.1 Å². The summed E-state index contributed by atoms with van der Waals surface area (Å²) in [6.07, 6.45) is 1.23. The molecule has 1 aromatic carbocycles. The molecule has 8 nitrogen and oxygen atoms in total. The number of hydrogen-bond donors (Lipinski definition) is 1. The highest BCUT2D eigenvalue weighted by atomic mass is 16.6. The quantitative estimate of drug-likeness (QED) is 0.613. The van der Waals surface area contributed by atoms with Crippen LogP contribution in [0.2, 0.25) is 0 Å². The number of aromatic nitrogens is 2. The van der Waals surface area contributed by atoms with Gasteiger partial charge in [-0.25, -0.2) is 4.98 Å². The zero-order valence-electron chi connectivity index (χ0n) is 14.1. The first kappa shape index (κ1) is 17.6. The minimum absolute atomic E-state index is 0.0957. The van der Waals surface area contributed by atoms with Gasteiger partial charge in [-0.1, -0.05) is 6.07 Å². The Hall–Kier alpha value is -2.74. The summed E-state index contributed by atoms with van der Waals surface area (Å²) >= 11 is 0. The topological polar surface area (TPSA) is 99.4 Å². The second-order valence-electron chi connectivity index (χ2n) is 5.48. The van der Waals surface area contributed by atoms with E-state index in [0.29, 0.717) is 12.4 Å². The molecule has 0 fully saturated rings. The molecule has 1 unspecified atom stereocenters. The molecule has 1 aromatic heterocycles. The van der Waals surface area contributed by atoms with Crippen LogP contribution in [0.3, 0.4) is 0 Å². The minimum atomic E-state index is -0.557. The lowest BCUT2D eigenvalue weighted by Crippen LogP contribution is -2.22. The van der Waals surface area contributed by atoms with E-state index in [1.54, 1.807) is 13.2 Å². The Bertz CT molecular complexity index is 736. The van der Waals surface area contributed by atoms with Crippen molar-refractivity contribution >= 4 is 11.5 Å². The van der Waals surface area contributed by atoms with E-state index in [9.17, 15) is 10.1 Å². The molecular formula is C16H20N4O4. The van der Waals surface area contributed by atoms with E-state index in [-0.39, 0.29) is 23.4 Å². The van der Waals surface area contributed by atoms with Gasteiger partial charge in [-0.05, 0) is 44.0 Å². The van der Waals surface area contributed by atoms with Crippen molar-refractivity contribution in [2.75, 3.05) is 19.0 Å². The fourth-order valence-corrected chi connectivity index (χ4v) is 2.12. The minimum Gasteiger partial charge on any atom is -0.434 e. The van der Waals surface area contributed by atoms with Gasteiger partial charge in [0.1, 0.15) is 12.1 Å². The maximum atomic E-state index is 11.5. The van der Waals surface area contributed by atoms with Gasteiger partial charge in [0.05, 0.1) is 11.5 Å². The molecule has 128 valence electrons. The summed E-state index contributed by atoms with van der Waals surface area (Å²) in [5, 5.41) is 14.4. The third-order valence-electron chi connectivity index (χ3n) is 3.46. The van der Waals surface area contributed by atoms with Gasteiger partial charge >= 0.3 is 11.6 Å². The van der Waals surface area contributed by atoms with Crippen LogP contribution in [0.1, 0.15) is 18.1 Å². The van der Waals surface area contributed by atoms with Crippen molar-refractivity contribution in [1.82, 2.24) is 9.97 Å². The predicted octanol–water partition coefficient (Wildman–Crippen LogP) is 3.24. The number of anilines is 1. The zero-order chi connectivity index (χ0) is 17.7. The van der Waals surface area contributed by atoms with Crippen LogP contribution in [-0.2, 0) is 4.74 Å². The average Bonchev–Trinajstić information content (AvgIpc) is 2.51. The van der Waals surface area contributed by atoms with Crippen molar-refractivity contribution in [3.8, 4) is 11.6 Å². The summed E-state index contributed by atoms with van der Waals surface area (Å²) in [6, 6.07) is 5.28. The van der Waals surface area contributed by atoms with Gasteiger partial charge in [0, 0.05) is 13.2 Å². The maximum Gasteiger partial charge on any atom is 0.373 e. The summed E-state index contributed by atoms with van der Waals surface area (Å²) in [7, 11) is 1.56. The summed E-state index contributed by atoms with van der Waals surface area (Å²) in [4.78, 5) is 18.8. The number of nitrogens with zero attached hydrogens (tertiary/aromatic N) is 3. The van der Waals surface area contributed by atoms with E-state index >= 15 is 0 Å². The van der Waals surface area contributed by atoms with Crippen LogP contribution < -0.4 is 10.1 Å². The van der Waals surface area contributed by atoms with E-state index in [4.69, 9.17) is 9.47 Å². The normalized spacial score (nSPS) is 11.8. The number of rotatable bonds is 7. The van der Waals surface area contributed by atoms with Gasteiger partial charge in [0.2, 0.25) is 5.82 Å². The van der Waals surface area contributed by atoms with Crippen LogP contribution in [0.5, 0.6) is 11.6 Å². The van der Waals surface area contributed by atoms with Crippen LogP contribution in [0, 0.1) is 24.0 Å². The molecule has 0 saturated carbocycles. The number of nitrogens with one attached hydrogen (secondary N) is 1. The molecule has 1 N–H and O–H groups in total. The summed E-state index contributed by atoms with van der Waals surface area (Å²) in [5.74, 6) is 0.472. The lowest BCUT2D eigenvalue weighted by atomic mass is 10.1. The summed E-state index contributed by atoms with van der Waals surface area (Å²) in [6.45, 7) is 6.13. The molecule has 24 heavy (non-hydrogen) atoms. The van der Waals surface area contributed by atoms with E-state index in [0.717, 1.165) is 11.1 Å². The van der Waals surface area contributed by atoms with Crippen molar-refractivity contribution < 1.29 is 14.4 Å². The van der Waals surface area contributed by atoms with E-state index in [1.165, 1.54) is 6.33 Å². The first-order chi connectivity index (χ1) is 11.4. The Morgan fingerprint density at radius 1 is 1.29 bits per heavy atom. The van der Waals surface area contributed by atoms with E-state index in [1.807, 2.05) is 32.9 Å². The second kappa shape index (κ2) is 7.69. The fourth-order valence-electron chi connectivity index (χ4n) is 2.12. The molecule has 0 radical (unpaired) electrons. The highest BCUT2D eigenvalue weighted by molar-refractivity contribution is 5.62. The highest BCUT2D eigenvalue weighted by Crippen LogP contribution is 2.34. The molecule has 2 rings (SSSR count). The molecule has 0 aliphatic heterocycles. The number of methoxy groups -OCH3 is 1. The third-order valence-corrected chi connectivity index (χ3v) is 3.46. The monoisotopic (exact) mass is 332 g/mol. The Morgan fingerprint density at radius 3 is 2.67 bits per heavy atom. The zero-order valence-corrected chi connectivity index (χ0v) is 14.1. The van der Waals surface area contributed by atoms with Crippen LogP contribution in [0.4, 0.5) is 11.5 Å². The SMILES string of the molecule is COCC(C)Nc1ncnc(Oc2ccc(C)c(C)c2)c1[N+](=O)[O-]. The fraction of sp³-hybridized carbons (Fsp3) is 0.375. The predicted molar refractivity (Wildman–Crippen MR) is 89.6 cm³/mol. The Balaban J connectivity index is 2.35. The standard InChI is InChI=1S/C16H20N4O4/c1-10-5-6-13(7-11(10)2)24-16-14(20(21)22)15(17-9-18-16)19-12(3)8-23-4/h5-7,9,12H,8H2,1-4H3,(H,17,18,19). The van der Waals surface area contributed by atoms with Crippen LogP contribution in [0.15, 0.2) is 24.5 Å². The first-order valence-electron chi connectivity index (χ1n) is 7.42. The van der Waals surface area contributed by atoms with Crippen molar-refractivity contribution in [1.29, 1.82) is 0 Å². The summed E-state index contributed by atoms with van der Waals surface area (Å²) in [5.41, 5.74) is 1.82. The van der Waals surface area contributed by atoms with Crippen molar-refractivity contribution in [2.24, 2.45) is 0 Å². The molecule has 0 saturated heterocycles. The van der Waals surface area contributed by atoms with Crippen LogP contribution in [-0.4, -0.2) is 34.6 Å². The van der Waals surface area contributed by atoms with Crippen molar-refractivity contribution in [3.05, 3.63) is 45.8 Å². The molecule has 0 spiro atoms. The van der Waals surface area contributed by atoms with Crippen LogP contribution in [0.25, 0.3) is 0 Å². The van der Waals surface area contributed by atoms with Gasteiger partial charge in [0.15, 0.2) is 0 Å². The van der Waals surface area contributed by atoms with Crippen LogP contribution >= 0.6 is 0 Å². The number of hydrogen-bond acceptors (Lipinski definition) is 7. The third kappa shape index (κ3) is 4.17. The average molecular weight is 332 g/mol. The van der Waals surface area contributed by atoms with Crippen molar-refractivity contribution in [2.45, 2.75) is 26.8 Å². The largest absolute Gasteiger partial charge is 0.434 e. The maximum absolute atomic E-state index is 11.5. The van der Waals surface area contributed by atoms with Gasteiger partial charge in [-0.2, -0.15) is 4.98 Å². The number of aryl methyl sites for hydroxylation is 2. The van der Waals surface area contributed by atoms with Gasteiger partial charge in [-0.15, -0.1) is 0 Å². The number of ether oxygens (including phenoxy) is 2. The first-order valence-corrected chi connectivity index (χ1v) is 7.42. The Labute approximate surface area is 140 Å². The number of benzene rings is 1. The molecule has 2 aromatic rings. The molecule has 1 heterocycles. The molecule has 1 atom stereocenters. The molecule has 0 aliphatic rings. The second-order valence-corrected chi connectivity index (χ2v) is 5.48. The Morgan fingerprint density at radius 2 is 2.04 bits per heavy atom. The molecular weight excluding hydrogens is 312 g/mol. The van der Waals surface area contributed by atoms with Crippen molar-refractivity contribution in [3.63, 3.8) is 0 Å².